The van der Waals surface area contributed by atoms with E-state index in [2.05, 4.69) is 10.2 Å². The van der Waals surface area contributed by atoms with Crippen molar-refractivity contribution in [3.05, 3.63) is 60.4 Å². The van der Waals surface area contributed by atoms with Crippen LogP contribution in [0.25, 0.3) is 17.1 Å². The van der Waals surface area contributed by atoms with Crippen LogP contribution in [0.4, 0.5) is 17.6 Å². The molecule has 2 heterocycles. The molecule has 1 fully saturated rings. The Labute approximate surface area is 198 Å². The fraction of sp³-hybridized carbons (Fsp3) is 0.348. The standard InChI is InChI=1S/C23H23F4N5OS/c24-19-10-5-4-9-18(19)21-28-29-22(32(21)17-7-2-1-3-8-17)34-15-20(33)31-12-6-11-30(13-14-31)16-23(25,26)27/h1-5,7-10H,6,11-16H2. The zero-order valence-electron chi connectivity index (χ0n) is 18.2. The summed E-state index contributed by atoms with van der Waals surface area (Å²) in [7, 11) is 0. The molecule has 3 aromatic rings. The van der Waals surface area contributed by atoms with Crippen molar-refractivity contribution in [2.24, 2.45) is 0 Å². The summed E-state index contributed by atoms with van der Waals surface area (Å²) >= 11 is 1.16. The monoisotopic (exact) mass is 493 g/mol. The van der Waals surface area contributed by atoms with Gasteiger partial charge in [0, 0.05) is 31.9 Å². The van der Waals surface area contributed by atoms with Crippen LogP contribution in [0.3, 0.4) is 0 Å². The number of hydrogen-bond acceptors (Lipinski definition) is 5. The smallest absolute Gasteiger partial charge is 0.341 e. The summed E-state index contributed by atoms with van der Waals surface area (Å²) in [5, 5.41) is 8.81. The molecule has 0 aliphatic carbocycles. The van der Waals surface area contributed by atoms with Crippen molar-refractivity contribution in [1.82, 2.24) is 24.6 Å². The molecule has 0 bridgehead atoms. The number of hydrogen-bond donors (Lipinski definition) is 0. The highest BCUT2D eigenvalue weighted by Gasteiger charge is 2.32. The number of para-hydroxylation sites is 1. The number of thioether (sulfide) groups is 1. The molecular weight excluding hydrogens is 470 g/mol. The maximum Gasteiger partial charge on any atom is 0.401 e. The number of aromatic nitrogens is 3. The van der Waals surface area contributed by atoms with E-state index in [1.165, 1.54) is 11.0 Å². The Hall–Kier alpha value is -2.92. The van der Waals surface area contributed by atoms with Crippen molar-refractivity contribution in [2.45, 2.75) is 17.8 Å². The Kier molecular flexibility index (Phi) is 7.52. The topological polar surface area (TPSA) is 54.3 Å². The quantitative estimate of drug-likeness (QED) is 0.380. The summed E-state index contributed by atoms with van der Waals surface area (Å²) in [4.78, 5) is 15.8. The largest absolute Gasteiger partial charge is 0.401 e. The molecule has 6 nitrogen and oxygen atoms in total. The van der Waals surface area contributed by atoms with Gasteiger partial charge in [0.05, 0.1) is 17.9 Å². The second-order valence-corrected chi connectivity index (χ2v) is 8.81. The van der Waals surface area contributed by atoms with Crippen LogP contribution in [0.1, 0.15) is 6.42 Å². The van der Waals surface area contributed by atoms with Gasteiger partial charge in [-0.05, 0) is 30.7 Å². The van der Waals surface area contributed by atoms with Crippen molar-refractivity contribution >= 4 is 17.7 Å². The van der Waals surface area contributed by atoms with Crippen molar-refractivity contribution < 1.29 is 22.4 Å². The number of alkyl halides is 3. The summed E-state index contributed by atoms with van der Waals surface area (Å²) in [5.74, 6) is -0.264. The Balaban J connectivity index is 1.49. The van der Waals surface area contributed by atoms with Crippen molar-refractivity contribution in [1.29, 1.82) is 0 Å². The zero-order chi connectivity index (χ0) is 24.1. The molecule has 0 N–H and O–H groups in total. The molecule has 1 aliphatic heterocycles. The number of nitrogens with zero attached hydrogens (tertiary/aromatic N) is 5. The van der Waals surface area contributed by atoms with E-state index in [1.807, 2.05) is 30.3 Å². The van der Waals surface area contributed by atoms with Gasteiger partial charge >= 0.3 is 6.18 Å². The highest BCUT2D eigenvalue weighted by Crippen LogP contribution is 2.29. The van der Waals surface area contributed by atoms with Crippen LogP contribution >= 0.6 is 11.8 Å². The summed E-state index contributed by atoms with van der Waals surface area (Å²) in [6.07, 6.45) is -3.78. The Morgan fingerprint density at radius 3 is 2.41 bits per heavy atom. The highest BCUT2D eigenvalue weighted by molar-refractivity contribution is 7.99. The molecule has 1 aromatic heterocycles. The van der Waals surface area contributed by atoms with Crippen LogP contribution in [0, 0.1) is 5.82 Å². The maximum atomic E-state index is 14.5. The second-order valence-electron chi connectivity index (χ2n) is 7.87. The van der Waals surface area contributed by atoms with E-state index in [9.17, 15) is 22.4 Å². The van der Waals surface area contributed by atoms with Gasteiger partial charge in [-0.3, -0.25) is 14.3 Å². The average Bonchev–Trinajstić information content (AvgIpc) is 3.09. The first-order chi connectivity index (χ1) is 16.3. The molecule has 0 spiro atoms. The predicted octanol–water partition coefficient (Wildman–Crippen LogP) is 4.26. The van der Waals surface area contributed by atoms with Gasteiger partial charge in [-0.1, -0.05) is 42.1 Å². The first-order valence-electron chi connectivity index (χ1n) is 10.8. The summed E-state index contributed by atoms with van der Waals surface area (Å²) in [6, 6.07) is 15.5. The number of rotatable bonds is 6. The van der Waals surface area contributed by atoms with E-state index >= 15 is 0 Å². The summed E-state index contributed by atoms with van der Waals surface area (Å²) in [6.45, 7) is 0.141. The van der Waals surface area contributed by atoms with Crippen molar-refractivity contribution in [3.8, 4) is 17.1 Å². The van der Waals surface area contributed by atoms with Crippen molar-refractivity contribution in [3.63, 3.8) is 0 Å². The molecule has 0 unspecified atom stereocenters. The molecular formula is C23H23F4N5OS. The van der Waals surface area contributed by atoms with E-state index < -0.39 is 18.5 Å². The molecule has 2 aromatic carbocycles. The number of amides is 1. The summed E-state index contributed by atoms with van der Waals surface area (Å²) < 4.78 is 54.3. The fourth-order valence-electron chi connectivity index (χ4n) is 3.84. The molecule has 4 rings (SSSR count). The van der Waals surface area contributed by atoms with Gasteiger partial charge < -0.3 is 4.90 Å². The first-order valence-corrected chi connectivity index (χ1v) is 11.8. The highest BCUT2D eigenvalue weighted by atomic mass is 32.2. The van der Waals surface area contributed by atoms with Crippen molar-refractivity contribution in [2.75, 3.05) is 38.5 Å². The van der Waals surface area contributed by atoms with Crippen LogP contribution < -0.4 is 0 Å². The number of benzene rings is 2. The fourth-order valence-corrected chi connectivity index (χ4v) is 4.69. The molecule has 0 atom stereocenters. The first kappa shape index (κ1) is 24.2. The Morgan fingerprint density at radius 2 is 1.68 bits per heavy atom. The molecule has 1 saturated heterocycles. The third kappa shape index (κ3) is 5.95. The minimum Gasteiger partial charge on any atom is -0.341 e. The lowest BCUT2D eigenvalue weighted by Crippen LogP contribution is -2.39. The van der Waals surface area contributed by atoms with E-state index in [-0.39, 0.29) is 30.3 Å². The van der Waals surface area contributed by atoms with Crippen LogP contribution in [0.15, 0.2) is 59.8 Å². The zero-order valence-corrected chi connectivity index (χ0v) is 19.0. The van der Waals surface area contributed by atoms with E-state index in [0.29, 0.717) is 30.5 Å². The molecule has 11 heteroatoms. The number of halogens is 4. The Morgan fingerprint density at radius 1 is 0.941 bits per heavy atom. The molecule has 1 amide bonds. The average molecular weight is 494 g/mol. The Bertz CT molecular complexity index is 1120. The number of carbonyl (C=O) groups excluding carboxylic acids is 1. The minimum atomic E-state index is -4.26. The maximum absolute atomic E-state index is 14.5. The third-order valence-electron chi connectivity index (χ3n) is 5.43. The van der Waals surface area contributed by atoms with Gasteiger partial charge in [0.25, 0.3) is 0 Å². The molecule has 34 heavy (non-hydrogen) atoms. The lowest BCUT2D eigenvalue weighted by Gasteiger charge is -2.22. The van der Waals surface area contributed by atoms with Gasteiger partial charge in [-0.15, -0.1) is 10.2 Å². The lowest BCUT2D eigenvalue weighted by molar-refractivity contribution is -0.145. The van der Waals surface area contributed by atoms with E-state index in [4.69, 9.17) is 0 Å². The van der Waals surface area contributed by atoms with Gasteiger partial charge in [0.15, 0.2) is 11.0 Å². The van der Waals surface area contributed by atoms with Crippen LogP contribution in [-0.2, 0) is 4.79 Å². The molecule has 180 valence electrons. The minimum absolute atomic E-state index is 0.0432. The summed E-state index contributed by atoms with van der Waals surface area (Å²) in [5.41, 5.74) is 1.01. The van der Waals surface area contributed by atoms with E-state index in [1.54, 1.807) is 27.7 Å². The SMILES string of the molecule is O=C(CSc1nnc(-c2ccccc2F)n1-c1ccccc1)N1CCCN(CC(F)(F)F)CC1. The van der Waals surface area contributed by atoms with E-state index in [0.717, 1.165) is 17.4 Å². The number of carbonyl (C=O) groups is 1. The normalized spacial score (nSPS) is 15.4. The predicted molar refractivity (Wildman–Crippen MR) is 121 cm³/mol. The van der Waals surface area contributed by atoms with Gasteiger partial charge in [-0.2, -0.15) is 13.2 Å². The van der Waals surface area contributed by atoms with Gasteiger partial charge in [0.1, 0.15) is 5.82 Å². The molecule has 0 radical (unpaired) electrons. The van der Waals surface area contributed by atoms with Crippen LogP contribution in [0.5, 0.6) is 0 Å². The van der Waals surface area contributed by atoms with Crippen LogP contribution in [-0.4, -0.2) is 75.1 Å². The molecule has 0 saturated carbocycles. The second kappa shape index (κ2) is 10.6. The van der Waals surface area contributed by atoms with Crippen LogP contribution in [0.2, 0.25) is 0 Å². The lowest BCUT2D eigenvalue weighted by atomic mass is 10.2. The third-order valence-corrected chi connectivity index (χ3v) is 6.35. The van der Waals surface area contributed by atoms with Gasteiger partial charge in [0.2, 0.25) is 5.91 Å². The van der Waals surface area contributed by atoms with Gasteiger partial charge in [-0.25, -0.2) is 4.39 Å². The molecule has 1 aliphatic rings.